The first-order chi connectivity index (χ1) is 13.5. The van der Waals surface area contributed by atoms with Gasteiger partial charge in [-0.05, 0) is 41.5 Å². The third kappa shape index (κ3) is 5.19. The van der Waals surface area contributed by atoms with Gasteiger partial charge in [0, 0.05) is 11.3 Å². The number of rotatable bonds is 7. The number of halogens is 1. The van der Waals surface area contributed by atoms with Gasteiger partial charge in [0.05, 0.1) is 6.54 Å². The molecule has 2 amide bonds. The molecule has 2 N–H and O–H groups in total. The normalized spacial score (nSPS) is 10.5. The smallest absolute Gasteiger partial charge is 0.244 e. The Morgan fingerprint density at radius 2 is 1.75 bits per heavy atom. The fourth-order valence-corrected chi connectivity index (χ4v) is 2.42. The number of nitrogens with one attached hydrogen (secondary N) is 2. The van der Waals surface area contributed by atoms with Crippen molar-refractivity contribution >= 4 is 17.5 Å². The summed E-state index contributed by atoms with van der Waals surface area (Å²) in [6.07, 6.45) is 0.940. The van der Waals surface area contributed by atoms with Gasteiger partial charge in [0.15, 0.2) is 0 Å². The predicted molar refractivity (Wildman–Crippen MR) is 101 cm³/mol. The fourth-order valence-electron chi connectivity index (χ4n) is 2.42. The van der Waals surface area contributed by atoms with Gasteiger partial charge in [-0.25, -0.2) is 4.39 Å². The molecule has 28 heavy (non-hydrogen) atoms. The van der Waals surface area contributed by atoms with E-state index in [2.05, 4.69) is 33.0 Å². The largest absolute Gasteiger partial charge is 0.345 e. The number of hydrogen-bond donors (Lipinski definition) is 2. The first-order valence-corrected chi connectivity index (χ1v) is 8.72. The van der Waals surface area contributed by atoms with E-state index in [4.69, 9.17) is 0 Å². The highest BCUT2D eigenvalue weighted by atomic mass is 19.1. The van der Waals surface area contributed by atoms with Crippen LogP contribution in [0.15, 0.2) is 48.5 Å². The number of aryl methyl sites for hydroxylation is 1. The minimum absolute atomic E-state index is 0.163. The zero-order valence-corrected chi connectivity index (χ0v) is 15.2. The summed E-state index contributed by atoms with van der Waals surface area (Å²) in [6.45, 7) is 1.68. The van der Waals surface area contributed by atoms with E-state index in [1.54, 1.807) is 0 Å². The maximum absolute atomic E-state index is 12.8. The van der Waals surface area contributed by atoms with E-state index in [1.807, 2.05) is 24.3 Å². The second-order valence-corrected chi connectivity index (χ2v) is 6.03. The molecule has 0 saturated heterocycles. The molecule has 0 unspecified atom stereocenters. The van der Waals surface area contributed by atoms with Crippen molar-refractivity contribution in [1.82, 2.24) is 25.5 Å². The van der Waals surface area contributed by atoms with Crippen LogP contribution in [0.2, 0.25) is 0 Å². The molecule has 1 aromatic heterocycles. The third-order valence-corrected chi connectivity index (χ3v) is 3.93. The zero-order valence-electron chi connectivity index (χ0n) is 15.2. The van der Waals surface area contributed by atoms with Crippen molar-refractivity contribution in [2.75, 3.05) is 11.9 Å². The molecule has 0 atom stereocenters. The molecule has 0 aliphatic heterocycles. The molecule has 2 aromatic carbocycles. The number of carbonyl (C=O) groups excluding carboxylic acids is 2. The van der Waals surface area contributed by atoms with Crippen LogP contribution in [0, 0.1) is 5.82 Å². The van der Waals surface area contributed by atoms with Crippen molar-refractivity contribution in [1.29, 1.82) is 0 Å². The number of aromatic nitrogens is 4. The summed E-state index contributed by atoms with van der Waals surface area (Å²) in [5.74, 6) is -0.834. The second kappa shape index (κ2) is 8.85. The number of tetrazole rings is 1. The lowest BCUT2D eigenvalue weighted by atomic mass is 10.1. The molecule has 0 bridgehead atoms. The Balaban J connectivity index is 1.48. The Bertz CT molecular complexity index is 953. The van der Waals surface area contributed by atoms with Gasteiger partial charge in [0.25, 0.3) is 0 Å². The first kappa shape index (κ1) is 19.2. The maximum Gasteiger partial charge on any atom is 0.244 e. The third-order valence-electron chi connectivity index (χ3n) is 3.93. The van der Waals surface area contributed by atoms with Gasteiger partial charge in [-0.1, -0.05) is 31.2 Å². The van der Waals surface area contributed by atoms with Gasteiger partial charge >= 0.3 is 0 Å². The standard InChI is InChI=1S/C19H19FN6O2/c1-2-13-3-5-14(6-4-13)19-23-25-26(24-19)12-18(28)21-11-17(27)22-16-9-7-15(20)8-10-16/h3-10H,2,11-12H2,1H3,(H,21,28)(H,22,27). The molecule has 0 saturated carbocycles. The highest BCUT2D eigenvalue weighted by Gasteiger charge is 2.11. The number of anilines is 1. The van der Waals surface area contributed by atoms with Crippen molar-refractivity contribution in [2.24, 2.45) is 0 Å². The van der Waals surface area contributed by atoms with Crippen molar-refractivity contribution < 1.29 is 14.0 Å². The summed E-state index contributed by atoms with van der Waals surface area (Å²) < 4.78 is 12.8. The predicted octanol–water partition coefficient (Wildman–Crippen LogP) is 1.80. The monoisotopic (exact) mass is 382 g/mol. The Kier molecular flexibility index (Phi) is 6.05. The molecule has 8 nitrogen and oxygen atoms in total. The summed E-state index contributed by atoms with van der Waals surface area (Å²) in [7, 11) is 0. The molecule has 0 aliphatic rings. The number of amides is 2. The summed E-state index contributed by atoms with van der Waals surface area (Å²) in [6, 6.07) is 13.1. The van der Waals surface area contributed by atoms with Crippen LogP contribution in [-0.4, -0.2) is 38.6 Å². The lowest BCUT2D eigenvalue weighted by Gasteiger charge is -2.06. The number of hydrogen-bond acceptors (Lipinski definition) is 5. The first-order valence-electron chi connectivity index (χ1n) is 8.72. The topological polar surface area (TPSA) is 102 Å². The van der Waals surface area contributed by atoms with Gasteiger partial charge in [0.1, 0.15) is 12.4 Å². The van der Waals surface area contributed by atoms with E-state index < -0.39 is 17.6 Å². The van der Waals surface area contributed by atoms with Gasteiger partial charge in [-0.2, -0.15) is 4.80 Å². The molecule has 1 heterocycles. The Morgan fingerprint density at radius 1 is 1.04 bits per heavy atom. The number of carbonyl (C=O) groups is 2. The highest BCUT2D eigenvalue weighted by Crippen LogP contribution is 2.14. The van der Waals surface area contributed by atoms with Gasteiger partial charge in [-0.15, -0.1) is 10.2 Å². The molecular weight excluding hydrogens is 363 g/mol. The van der Waals surface area contributed by atoms with Crippen LogP contribution in [0.3, 0.4) is 0 Å². The van der Waals surface area contributed by atoms with E-state index in [0.717, 1.165) is 16.8 Å². The molecule has 9 heteroatoms. The number of nitrogens with zero attached hydrogens (tertiary/aromatic N) is 4. The molecule has 0 radical (unpaired) electrons. The maximum atomic E-state index is 12.8. The fraction of sp³-hybridized carbons (Fsp3) is 0.211. The molecule has 3 rings (SSSR count). The summed E-state index contributed by atoms with van der Waals surface area (Å²) in [5, 5.41) is 17.0. The van der Waals surface area contributed by atoms with Crippen molar-refractivity contribution in [3.8, 4) is 11.4 Å². The van der Waals surface area contributed by atoms with E-state index >= 15 is 0 Å². The van der Waals surface area contributed by atoms with Crippen LogP contribution in [0.25, 0.3) is 11.4 Å². The van der Waals surface area contributed by atoms with Crippen molar-refractivity contribution in [3.63, 3.8) is 0 Å². The summed E-state index contributed by atoms with van der Waals surface area (Å²) in [5.41, 5.74) is 2.45. The van der Waals surface area contributed by atoms with E-state index in [-0.39, 0.29) is 13.1 Å². The Hall–Kier alpha value is -3.62. The van der Waals surface area contributed by atoms with Crippen molar-refractivity contribution in [3.05, 3.63) is 59.9 Å². The second-order valence-electron chi connectivity index (χ2n) is 6.03. The zero-order chi connectivity index (χ0) is 19.9. The van der Waals surface area contributed by atoms with Gasteiger partial charge in [-0.3, -0.25) is 9.59 Å². The molecule has 3 aromatic rings. The molecular formula is C19H19FN6O2. The van der Waals surface area contributed by atoms with Crippen molar-refractivity contribution in [2.45, 2.75) is 19.9 Å². The molecule has 0 aliphatic carbocycles. The van der Waals surface area contributed by atoms with Crippen LogP contribution in [0.5, 0.6) is 0 Å². The average molecular weight is 382 g/mol. The molecule has 144 valence electrons. The van der Waals surface area contributed by atoms with Crippen LogP contribution in [0.4, 0.5) is 10.1 Å². The van der Waals surface area contributed by atoms with Crippen LogP contribution >= 0.6 is 0 Å². The quantitative estimate of drug-likeness (QED) is 0.649. The molecule has 0 spiro atoms. The van der Waals surface area contributed by atoms with E-state index in [1.165, 1.54) is 29.8 Å². The van der Waals surface area contributed by atoms with Gasteiger partial charge in [0.2, 0.25) is 17.6 Å². The summed E-state index contributed by atoms with van der Waals surface area (Å²) in [4.78, 5) is 25.0. The minimum atomic E-state index is -0.431. The Morgan fingerprint density at radius 3 is 2.43 bits per heavy atom. The Labute approximate surface area is 160 Å². The average Bonchev–Trinajstić information content (AvgIpc) is 3.16. The highest BCUT2D eigenvalue weighted by molar-refractivity contribution is 5.94. The van der Waals surface area contributed by atoms with Gasteiger partial charge < -0.3 is 10.6 Å². The molecule has 0 fully saturated rings. The number of benzene rings is 2. The van der Waals surface area contributed by atoms with E-state index in [9.17, 15) is 14.0 Å². The SMILES string of the molecule is CCc1ccc(-c2nnn(CC(=O)NCC(=O)Nc3ccc(F)cc3)n2)cc1. The van der Waals surface area contributed by atoms with Crippen LogP contribution < -0.4 is 10.6 Å². The van der Waals surface area contributed by atoms with Crippen LogP contribution in [-0.2, 0) is 22.6 Å². The minimum Gasteiger partial charge on any atom is -0.345 e. The van der Waals surface area contributed by atoms with E-state index in [0.29, 0.717) is 11.5 Å². The lowest BCUT2D eigenvalue weighted by Crippen LogP contribution is -2.35. The lowest BCUT2D eigenvalue weighted by molar-refractivity contribution is -0.124. The summed E-state index contributed by atoms with van der Waals surface area (Å²) >= 11 is 0. The van der Waals surface area contributed by atoms with Crippen LogP contribution in [0.1, 0.15) is 12.5 Å².